The normalized spacial score (nSPS) is 17.7. The molecule has 3 heterocycles. The molecule has 0 radical (unpaired) electrons. The van der Waals surface area contributed by atoms with Crippen molar-refractivity contribution in [2.24, 2.45) is 0 Å². The van der Waals surface area contributed by atoms with Gasteiger partial charge in [0.2, 0.25) is 5.88 Å². The van der Waals surface area contributed by atoms with Gasteiger partial charge in [-0.15, -0.1) is 0 Å². The molecule has 2 aromatic rings. The number of pyridine rings is 1. The van der Waals surface area contributed by atoms with Crippen LogP contribution in [0, 0.1) is 0 Å². The Morgan fingerprint density at radius 1 is 1.35 bits per heavy atom. The predicted molar refractivity (Wildman–Crippen MR) is 74.7 cm³/mol. The minimum absolute atomic E-state index is 0.0325. The molecule has 0 fully saturated rings. The SMILES string of the molecule is COc1ncccc1C(=O)N1CCn2cccc2C1C. The summed E-state index contributed by atoms with van der Waals surface area (Å²) in [5, 5.41) is 0. The lowest BCUT2D eigenvalue weighted by Gasteiger charge is -2.35. The summed E-state index contributed by atoms with van der Waals surface area (Å²) in [6, 6.07) is 7.65. The van der Waals surface area contributed by atoms with E-state index in [9.17, 15) is 4.79 Å². The molecule has 1 unspecified atom stereocenters. The van der Waals surface area contributed by atoms with Gasteiger partial charge < -0.3 is 14.2 Å². The second kappa shape index (κ2) is 5.00. The van der Waals surface area contributed by atoms with E-state index < -0.39 is 0 Å². The molecule has 20 heavy (non-hydrogen) atoms. The van der Waals surface area contributed by atoms with E-state index in [-0.39, 0.29) is 11.9 Å². The van der Waals surface area contributed by atoms with E-state index in [1.165, 1.54) is 7.11 Å². The van der Waals surface area contributed by atoms with Crippen molar-refractivity contribution in [2.45, 2.75) is 19.5 Å². The number of amides is 1. The number of hydrogen-bond donors (Lipinski definition) is 0. The largest absolute Gasteiger partial charge is 0.480 e. The molecule has 5 nitrogen and oxygen atoms in total. The van der Waals surface area contributed by atoms with Gasteiger partial charge in [-0.25, -0.2) is 4.98 Å². The van der Waals surface area contributed by atoms with Crippen molar-refractivity contribution in [3.05, 3.63) is 47.9 Å². The highest BCUT2D eigenvalue weighted by Gasteiger charge is 2.29. The Morgan fingerprint density at radius 2 is 2.20 bits per heavy atom. The summed E-state index contributed by atoms with van der Waals surface area (Å²) >= 11 is 0. The van der Waals surface area contributed by atoms with Crippen LogP contribution >= 0.6 is 0 Å². The molecule has 0 saturated carbocycles. The van der Waals surface area contributed by atoms with Gasteiger partial charge in [0.15, 0.2) is 0 Å². The van der Waals surface area contributed by atoms with E-state index in [1.807, 2.05) is 17.9 Å². The van der Waals surface area contributed by atoms with Crippen LogP contribution in [0.15, 0.2) is 36.7 Å². The molecule has 1 amide bonds. The third kappa shape index (κ3) is 1.95. The van der Waals surface area contributed by atoms with Crippen LogP contribution in [-0.2, 0) is 6.54 Å². The number of methoxy groups -OCH3 is 1. The number of hydrogen-bond acceptors (Lipinski definition) is 3. The lowest BCUT2D eigenvalue weighted by molar-refractivity contribution is 0.0640. The van der Waals surface area contributed by atoms with Crippen molar-refractivity contribution in [1.29, 1.82) is 0 Å². The topological polar surface area (TPSA) is 47.4 Å². The van der Waals surface area contributed by atoms with Gasteiger partial charge in [-0.2, -0.15) is 0 Å². The van der Waals surface area contributed by atoms with Crippen molar-refractivity contribution in [3.8, 4) is 5.88 Å². The van der Waals surface area contributed by atoms with Crippen LogP contribution in [0.1, 0.15) is 29.0 Å². The second-order valence-corrected chi connectivity index (χ2v) is 4.86. The molecule has 5 heteroatoms. The first-order chi connectivity index (χ1) is 9.72. The third-order valence-corrected chi connectivity index (χ3v) is 3.80. The average Bonchev–Trinajstić information content (AvgIpc) is 2.96. The fraction of sp³-hybridized carbons (Fsp3) is 0.333. The number of ether oxygens (including phenoxy) is 1. The molecular formula is C15H17N3O2. The maximum Gasteiger partial charge on any atom is 0.259 e. The number of carbonyl (C=O) groups is 1. The van der Waals surface area contributed by atoms with Crippen LogP contribution in [0.5, 0.6) is 5.88 Å². The van der Waals surface area contributed by atoms with E-state index in [1.54, 1.807) is 18.3 Å². The maximum absolute atomic E-state index is 12.7. The summed E-state index contributed by atoms with van der Waals surface area (Å²) < 4.78 is 7.37. The van der Waals surface area contributed by atoms with Crippen LogP contribution in [0.3, 0.4) is 0 Å². The monoisotopic (exact) mass is 271 g/mol. The summed E-state index contributed by atoms with van der Waals surface area (Å²) in [7, 11) is 1.53. The number of rotatable bonds is 2. The van der Waals surface area contributed by atoms with Crippen molar-refractivity contribution >= 4 is 5.91 Å². The van der Waals surface area contributed by atoms with Crippen LogP contribution in [0.2, 0.25) is 0 Å². The zero-order chi connectivity index (χ0) is 14.1. The minimum Gasteiger partial charge on any atom is -0.480 e. The molecule has 2 aromatic heterocycles. The zero-order valence-corrected chi connectivity index (χ0v) is 11.6. The molecule has 0 bridgehead atoms. The molecule has 1 atom stereocenters. The van der Waals surface area contributed by atoms with Gasteiger partial charge in [-0.3, -0.25) is 4.79 Å². The van der Waals surface area contributed by atoms with Crippen molar-refractivity contribution < 1.29 is 9.53 Å². The number of nitrogens with zero attached hydrogens (tertiary/aromatic N) is 3. The lowest BCUT2D eigenvalue weighted by Crippen LogP contribution is -2.40. The van der Waals surface area contributed by atoms with Crippen molar-refractivity contribution in [3.63, 3.8) is 0 Å². The van der Waals surface area contributed by atoms with Crippen molar-refractivity contribution in [2.75, 3.05) is 13.7 Å². The van der Waals surface area contributed by atoms with E-state index in [0.717, 1.165) is 12.2 Å². The van der Waals surface area contributed by atoms with Gasteiger partial charge in [0.05, 0.1) is 13.2 Å². The highest BCUT2D eigenvalue weighted by atomic mass is 16.5. The average molecular weight is 271 g/mol. The Kier molecular flexibility index (Phi) is 3.18. The quantitative estimate of drug-likeness (QED) is 0.840. The predicted octanol–water partition coefficient (Wildman–Crippen LogP) is 2.11. The standard InChI is InChI=1S/C15H17N3O2/c1-11-13-6-4-8-17(13)9-10-18(11)15(19)12-5-3-7-16-14(12)20-2/h3-8,11H,9-10H2,1-2H3. The summed E-state index contributed by atoms with van der Waals surface area (Å²) in [5.74, 6) is 0.348. The molecule has 0 N–H and O–H groups in total. The van der Waals surface area contributed by atoms with Gasteiger partial charge >= 0.3 is 0 Å². The first-order valence-corrected chi connectivity index (χ1v) is 6.67. The Morgan fingerprint density at radius 3 is 3.00 bits per heavy atom. The fourth-order valence-electron chi connectivity index (χ4n) is 2.73. The van der Waals surface area contributed by atoms with E-state index in [2.05, 4.69) is 21.8 Å². The van der Waals surface area contributed by atoms with Gasteiger partial charge in [-0.1, -0.05) is 0 Å². The molecule has 3 rings (SSSR count). The lowest BCUT2D eigenvalue weighted by atomic mass is 10.1. The Bertz CT molecular complexity index is 636. The molecule has 0 spiro atoms. The number of aromatic nitrogens is 2. The van der Waals surface area contributed by atoms with E-state index in [4.69, 9.17) is 4.74 Å². The molecule has 1 aliphatic heterocycles. The maximum atomic E-state index is 12.7. The molecular weight excluding hydrogens is 254 g/mol. The van der Waals surface area contributed by atoms with Crippen molar-refractivity contribution in [1.82, 2.24) is 14.5 Å². The van der Waals surface area contributed by atoms with Crippen LogP contribution in [-0.4, -0.2) is 34.0 Å². The van der Waals surface area contributed by atoms with E-state index >= 15 is 0 Å². The molecule has 1 aliphatic rings. The van der Waals surface area contributed by atoms with Gasteiger partial charge in [0, 0.05) is 31.2 Å². The van der Waals surface area contributed by atoms with Gasteiger partial charge in [-0.05, 0) is 31.2 Å². The van der Waals surface area contributed by atoms with Crippen LogP contribution < -0.4 is 4.74 Å². The Labute approximate surface area is 117 Å². The number of carbonyl (C=O) groups excluding carboxylic acids is 1. The second-order valence-electron chi connectivity index (χ2n) is 4.86. The first kappa shape index (κ1) is 12.7. The van der Waals surface area contributed by atoms with Gasteiger partial charge in [0.1, 0.15) is 5.56 Å². The van der Waals surface area contributed by atoms with Gasteiger partial charge in [0.25, 0.3) is 5.91 Å². The van der Waals surface area contributed by atoms with E-state index in [0.29, 0.717) is 18.0 Å². The molecule has 104 valence electrons. The van der Waals surface area contributed by atoms with Crippen LogP contribution in [0.25, 0.3) is 0 Å². The highest BCUT2D eigenvalue weighted by Crippen LogP contribution is 2.28. The highest BCUT2D eigenvalue weighted by molar-refractivity contribution is 5.96. The summed E-state index contributed by atoms with van der Waals surface area (Å²) in [6.07, 6.45) is 3.68. The minimum atomic E-state index is -0.0325. The summed E-state index contributed by atoms with van der Waals surface area (Å²) in [4.78, 5) is 18.7. The third-order valence-electron chi connectivity index (χ3n) is 3.80. The van der Waals surface area contributed by atoms with Crippen LogP contribution in [0.4, 0.5) is 0 Å². The summed E-state index contributed by atoms with van der Waals surface area (Å²) in [6.45, 7) is 3.56. The Balaban J connectivity index is 1.92. The molecule has 0 saturated heterocycles. The number of fused-ring (bicyclic) bond motifs is 1. The smallest absolute Gasteiger partial charge is 0.259 e. The molecule has 0 aromatic carbocycles. The summed E-state index contributed by atoms with van der Waals surface area (Å²) in [5.41, 5.74) is 1.68. The first-order valence-electron chi connectivity index (χ1n) is 6.67. The zero-order valence-electron chi connectivity index (χ0n) is 11.6. The molecule has 0 aliphatic carbocycles. The Hall–Kier alpha value is -2.30. The fourth-order valence-corrected chi connectivity index (χ4v) is 2.73.